The highest BCUT2D eigenvalue weighted by atomic mass is 79.9. The van der Waals surface area contributed by atoms with Crippen LogP contribution in [0.5, 0.6) is 0 Å². The standard InChI is InChI=1S/C11H20BrN3O/c1-9(2)6-15-11(13-8-14-15)5-4-10(12)7-16-3/h8-10H,4-7H2,1-3H3. The highest BCUT2D eigenvalue weighted by Gasteiger charge is 2.09. The van der Waals surface area contributed by atoms with E-state index in [9.17, 15) is 0 Å². The number of hydrogen-bond acceptors (Lipinski definition) is 3. The molecule has 1 atom stereocenters. The van der Waals surface area contributed by atoms with Crippen LogP contribution in [0, 0.1) is 5.92 Å². The Bertz CT molecular complexity index is 301. The number of nitrogens with zero attached hydrogens (tertiary/aromatic N) is 3. The van der Waals surface area contributed by atoms with E-state index in [2.05, 4.69) is 39.9 Å². The van der Waals surface area contributed by atoms with Crippen molar-refractivity contribution in [3.63, 3.8) is 0 Å². The van der Waals surface area contributed by atoms with E-state index in [0.717, 1.165) is 31.8 Å². The first-order valence-electron chi connectivity index (χ1n) is 5.63. The zero-order chi connectivity index (χ0) is 12.0. The van der Waals surface area contributed by atoms with Gasteiger partial charge in [-0.05, 0) is 12.3 Å². The predicted octanol–water partition coefficient (Wildman–Crippen LogP) is 2.28. The van der Waals surface area contributed by atoms with Gasteiger partial charge in [-0.15, -0.1) is 0 Å². The maximum Gasteiger partial charge on any atom is 0.138 e. The van der Waals surface area contributed by atoms with Crippen LogP contribution in [0.15, 0.2) is 6.33 Å². The number of alkyl halides is 1. The minimum absolute atomic E-state index is 0.390. The molecule has 16 heavy (non-hydrogen) atoms. The fraction of sp³-hybridized carbons (Fsp3) is 0.818. The molecule has 1 unspecified atom stereocenters. The molecule has 1 aromatic heterocycles. The van der Waals surface area contributed by atoms with Gasteiger partial charge in [-0.1, -0.05) is 29.8 Å². The molecular weight excluding hydrogens is 270 g/mol. The maximum absolute atomic E-state index is 5.08. The van der Waals surface area contributed by atoms with Gasteiger partial charge in [-0.25, -0.2) is 9.67 Å². The lowest BCUT2D eigenvalue weighted by atomic mass is 10.2. The van der Waals surface area contributed by atoms with Crippen molar-refractivity contribution in [2.24, 2.45) is 5.92 Å². The summed E-state index contributed by atoms with van der Waals surface area (Å²) in [4.78, 5) is 4.68. The minimum atomic E-state index is 0.390. The predicted molar refractivity (Wildman–Crippen MR) is 67.8 cm³/mol. The first-order chi connectivity index (χ1) is 7.63. The van der Waals surface area contributed by atoms with E-state index in [1.165, 1.54) is 0 Å². The van der Waals surface area contributed by atoms with Gasteiger partial charge in [0.1, 0.15) is 12.2 Å². The number of rotatable bonds is 7. The van der Waals surface area contributed by atoms with Crippen molar-refractivity contribution in [1.29, 1.82) is 0 Å². The lowest BCUT2D eigenvalue weighted by molar-refractivity contribution is 0.198. The normalized spacial score (nSPS) is 13.3. The van der Waals surface area contributed by atoms with E-state index in [1.54, 1.807) is 13.4 Å². The van der Waals surface area contributed by atoms with Crippen LogP contribution < -0.4 is 0 Å². The van der Waals surface area contributed by atoms with Crippen molar-refractivity contribution in [2.75, 3.05) is 13.7 Å². The minimum Gasteiger partial charge on any atom is -0.384 e. The van der Waals surface area contributed by atoms with Gasteiger partial charge in [0.15, 0.2) is 0 Å². The fourth-order valence-corrected chi connectivity index (χ4v) is 2.02. The maximum atomic E-state index is 5.08. The van der Waals surface area contributed by atoms with Crippen LogP contribution in [-0.4, -0.2) is 33.3 Å². The molecule has 0 aromatic carbocycles. The van der Waals surface area contributed by atoms with Crippen molar-refractivity contribution < 1.29 is 4.74 Å². The highest BCUT2D eigenvalue weighted by molar-refractivity contribution is 9.09. The van der Waals surface area contributed by atoms with E-state index >= 15 is 0 Å². The number of methoxy groups -OCH3 is 1. The average Bonchev–Trinajstić information content (AvgIpc) is 2.62. The summed E-state index contributed by atoms with van der Waals surface area (Å²) in [7, 11) is 1.72. The molecule has 0 radical (unpaired) electrons. The molecule has 92 valence electrons. The topological polar surface area (TPSA) is 39.9 Å². The molecule has 1 heterocycles. The van der Waals surface area contributed by atoms with Gasteiger partial charge in [0, 0.05) is 24.9 Å². The molecule has 0 aliphatic rings. The monoisotopic (exact) mass is 289 g/mol. The molecule has 0 saturated carbocycles. The summed E-state index contributed by atoms with van der Waals surface area (Å²) in [5.41, 5.74) is 0. The Kier molecular flexibility index (Phi) is 5.98. The number of aryl methyl sites for hydroxylation is 1. The SMILES string of the molecule is COCC(Br)CCc1ncnn1CC(C)C. The van der Waals surface area contributed by atoms with Crippen LogP contribution in [0.1, 0.15) is 26.1 Å². The number of halogens is 1. The molecule has 0 spiro atoms. The summed E-state index contributed by atoms with van der Waals surface area (Å²) >= 11 is 3.58. The van der Waals surface area contributed by atoms with E-state index in [-0.39, 0.29) is 0 Å². The molecule has 0 amide bonds. The molecule has 0 aliphatic heterocycles. The third-order valence-corrected chi connectivity index (χ3v) is 2.98. The molecule has 0 bridgehead atoms. The largest absolute Gasteiger partial charge is 0.384 e. The number of hydrogen-bond donors (Lipinski definition) is 0. The first-order valence-corrected chi connectivity index (χ1v) is 6.54. The van der Waals surface area contributed by atoms with Gasteiger partial charge in [-0.2, -0.15) is 5.10 Å². The highest BCUT2D eigenvalue weighted by Crippen LogP contribution is 2.10. The molecule has 0 N–H and O–H groups in total. The zero-order valence-electron chi connectivity index (χ0n) is 10.2. The Hall–Kier alpha value is -0.420. The number of ether oxygens (including phenoxy) is 1. The Morgan fingerprint density at radius 2 is 2.25 bits per heavy atom. The van der Waals surface area contributed by atoms with Gasteiger partial charge in [0.2, 0.25) is 0 Å². The van der Waals surface area contributed by atoms with Crippen LogP contribution in [0.2, 0.25) is 0 Å². The number of aromatic nitrogens is 3. The van der Waals surface area contributed by atoms with E-state index < -0.39 is 0 Å². The zero-order valence-corrected chi connectivity index (χ0v) is 11.8. The lowest BCUT2D eigenvalue weighted by Crippen LogP contribution is -2.13. The lowest BCUT2D eigenvalue weighted by Gasteiger charge is -2.10. The Balaban J connectivity index is 2.44. The molecule has 1 rings (SSSR count). The van der Waals surface area contributed by atoms with Crippen LogP contribution >= 0.6 is 15.9 Å². The van der Waals surface area contributed by atoms with Crippen LogP contribution in [0.25, 0.3) is 0 Å². The van der Waals surface area contributed by atoms with Crippen molar-refractivity contribution in [3.8, 4) is 0 Å². The molecule has 0 aliphatic carbocycles. The van der Waals surface area contributed by atoms with Crippen LogP contribution in [0.3, 0.4) is 0 Å². The van der Waals surface area contributed by atoms with Gasteiger partial charge >= 0.3 is 0 Å². The summed E-state index contributed by atoms with van der Waals surface area (Å²) in [6.07, 6.45) is 3.59. The van der Waals surface area contributed by atoms with Gasteiger partial charge < -0.3 is 4.74 Å². The van der Waals surface area contributed by atoms with Crippen LogP contribution in [-0.2, 0) is 17.7 Å². The fourth-order valence-electron chi connectivity index (χ4n) is 1.53. The van der Waals surface area contributed by atoms with E-state index in [0.29, 0.717) is 10.7 Å². The van der Waals surface area contributed by atoms with E-state index in [1.807, 2.05) is 4.68 Å². The second-order valence-corrected chi connectivity index (χ2v) is 5.64. The summed E-state index contributed by atoms with van der Waals surface area (Å²) in [6.45, 7) is 6.04. The van der Waals surface area contributed by atoms with Gasteiger partial charge in [0.25, 0.3) is 0 Å². The van der Waals surface area contributed by atoms with E-state index in [4.69, 9.17) is 4.74 Å². The van der Waals surface area contributed by atoms with Crippen molar-refractivity contribution in [1.82, 2.24) is 14.8 Å². The quantitative estimate of drug-likeness (QED) is 0.723. The van der Waals surface area contributed by atoms with Gasteiger partial charge in [0.05, 0.1) is 6.61 Å². The average molecular weight is 290 g/mol. The summed E-state index contributed by atoms with van der Waals surface area (Å²) in [5, 5.41) is 4.24. The molecule has 4 nitrogen and oxygen atoms in total. The van der Waals surface area contributed by atoms with Crippen molar-refractivity contribution in [3.05, 3.63) is 12.2 Å². The molecule has 5 heteroatoms. The Labute approximate surface area is 106 Å². The first kappa shape index (κ1) is 13.6. The summed E-state index contributed by atoms with van der Waals surface area (Å²) in [6, 6.07) is 0. The van der Waals surface area contributed by atoms with Crippen LogP contribution in [0.4, 0.5) is 0 Å². The third kappa shape index (κ3) is 4.61. The van der Waals surface area contributed by atoms with Crippen molar-refractivity contribution in [2.45, 2.75) is 38.1 Å². The molecular formula is C11H20BrN3O. The molecule has 0 saturated heterocycles. The third-order valence-electron chi connectivity index (χ3n) is 2.26. The summed E-state index contributed by atoms with van der Waals surface area (Å²) < 4.78 is 7.08. The Morgan fingerprint density at radius 3 is 2.88 bits per heavy atom. The summed E-state index contributed by atoms with van der Waals surface area (Å²) in [5.74, 6) is 1.66. The molecule has 1 aromatic rings. The van der Waals surface area contributed by atoms with Gasteiger partial charge in [-0.3, -0.25) is 0 Å². The Morgan fingerprint density at radius 1 is 1.50 bits per heavy atom. The molecule has 0 fully saturated rings. The smallest absolute Gasteiger partial charge is 0.138 e. The van der Waals surface area contributed by atoms with Crippen molar-refractivity contribution >= 4 is 15.9 Å². The second-order valence-electron chi connectivity index (χ2n) is 4.34. The second kappa shape index (κ2) is 7.01.